The molecular formula is C10H19NO2S2. The van der Waals surface area contributed by atoms with E-state index in [1.807, 2.05) is 27.7 Å². The zero-order valence-electron chi connectivity index (χ0n) is 9.99. The average Bonchev–Trinajstić information content (AvgIpc) is 2.55. The van der Waals surface area contributed by atoms with Crippen LogP contribution in [0, 0.1) is 0 Å². The Morgan fingerprint density at radius 1 is 1.40 bits per heavy atom. The summed E-state index contributed by atoms with van der Waals surface area (Å²) in [5.41, 5.74) is 0. The van der Waals surface area contributed by atoms with Crippen LogP contribution in [0.2, 0.25) is 0 Å². The molecule has 1 saturated heterocycles. The summed E-state index contributed by atoms with van der Waals surface area (Å²) in [6.45, 7) is 9.57. The first-order chi connectivity index (χ1) is 7.11. The van der Waals surface area contributed by atoms with Gasteiger partial charge in [-0.2, -0.15) is 0 Å². The third-order valence-electron chi connectivity index (χ3n) is 1.22. The fourth-order valence-electron chi connectivity index (χ4n) is 0.757. The van der Waals surface area contributed by atoms with E-state index in [4.69, 9.17) is 12.2 Å². The number of hydrogen-bond donors (Lipinski definition) is 0. The van der Waals surface area contributed by atoms with E-state index in [1.54, 1.807) is 0 Å². The molecule has 1 amide bonds. The molecule has 1 aliphatic heterocycles. The first-order valence-electron chi connectivity index (χ1n) is 5.08. The van der Waals surface area contributed by atoms with Crippen molar-refractivity contribution in [3.63, 3.8) is 0 Å². The van der Waals surface area contributed by atoms with Gasteiger partial charge in [0.1, 0.15) is 10.1 Å². The van der Waals surface area contributed by atoms with E-state index in [9.17, 15) is 9.59 Å². The van der Waals surface area contributed by atoms with Crippen LogP contribution in [0.4, 0.5) is 0 Å². The van der Waals surface area contributed by atoms with E-state index in [1.165, 1.54) is 23.6 Å². The number of amides is 1. The van der Waals surface area contributed by atoms with Crippen molar-refractivity contribution in [3.05, 3.63) is 0 Å². The van der Waals surface area contributed by atoms with E-state index in [0.29, 0.717) is 10.1 Å². The minimum Gasteiger partial charge on any atom is -0.298 e. The Bertz CT molecular complexity index is 213. The van der Waals surface area contributed by atoms with Gasteiger partial charge in [0.05, 0.1) is 12.3 Å². The second-order valence-electron chi connectivity index (χ2n) is 2.24. The molecule has 0 aromatic heterocycles. The Hall–Kier alpha value is -0.420. The minimum atomic E-state index is -0.0600. The van der Waals surface area contributed by atoms with Crippen molar-refractivity contribution >= 4 is 40.0 Å². The Morgan fingerprint density at radius 3 is 2.13 bits per heavy atom. The van der Waals surface area contributed by atoms with Crippen molar-refractivity contribution in [1.82, 2.24) is 4.90 Å². The van der Waals surface area contributed by atoms with Crippen molar-refractivity contribution in [1.29, 1.82) is 0 Å². The van der Waals surface area contributed by atoms with Gasteiger partial charge in [0.25, 0.3) is 0 Å². The van der Waals surface area contributed by atoms with Crippen LogP contribution in [0.1, 0.15) is 34.6 Å². The lowest BCUT2D eigenvalue weighted by molar-refractivity contribution is -0.128. The molecule has 0 spiro atoms. The summed E-state index contributed by atoms with van der Waals surface area (Å²) in [5, 5.41) is 0. The molecule has 0 saturated carbocycles. The van der Waals surface area contributed by atoms with Gasteiger partial charge in [0, 0.05) is 0 Å². The van der Waals surface area contributed by atoms with Crippen molar-refractivity contribution in [3.8, 4) is 0 Å². The summed E-state index contributed by atoms with van der Waals surface area (Å²) in [5.74, 6) is 0.282. The lowest BCUT2D eigenvalue weighted by Crippen LogP contribution is -2.32. The number of rotatable bonds is 2. The Kier molecular flexibility index (Phi) is 11.5. The number of nitrogens with zero attached hydrogens (tertiary/aromatic N) is 1. The molecule has 0 radical (unpaired) electrons. The summed E-state index contributed by atoms with van der Waals surface area (Å²) in [6, 6.07) is 0. The first kappa shape index (κ1) is 17.0. The van der Waals surface area contributed by atoms with E-state index in [2.05, 4.69) is 0 Å². The fraction of sp³-hybridized carbons (Fsp3) is 0.700. The number of hydrogen-bond acceptors (Lipinski definition) is 4. The SMILES string of the molecule is CC.CC.CC(=O)CN1C(=O)CSC1=S. The van der Waals surface area contributed by atoms with E-state index in [-0.39, 0.29) is 18.2 Å². The van der Waals surface area contributed by atoms with Gasteiger partial charge in [-0.25, -0.2) is 0 Å². The molecule has 0 aromatic carbocycles. The highest BCUT2D eigenvalue weighted by Gasteiger charge is 2.26. The van der Waals surface area contributed by atoms with Crippen molar-refractivity contribution < 1.29 is 9.59 Å². The van der Waals surface area contributed by atoms with Gasteiger partial charge in [0.2, 0.25) is 5.91 Å². The van der Waals surface area contributed by atoms with Crippen LogP contribution in [-0.2, 0) is 9.59 Å². The molecule has 0 atom stereocenters. The molecule has 0 bridgehead atoms. The number of carbonyl (C=O) groups excluding carboxylic acids is 2. The van der Waals surface area contributed by atoms with Crippen LogP contribution in [0.5, 0.6) is 0 Å². The van der Waals surface area contributed by atoms with E-state index >= 15 is 0 Å². The second-order valence-corrected chi connectivity index (χ2v) is 3.85. The molecule has 3 nitrogen and oxygen atoms in total. The third-order valence-corrected chi connectivity index (χ3v) is 2.65. The number of thioether (sulfide) groups is 1. The number of thiocarbonyl (C=S) groups is 1. The van der Waals surface area contributed by atoms with Gasteiger partial charge < -0.3 is 0 Å². The normalized spacial score (nSPS) is 13.8. The standard InChI is InChI=1S/C6H7NO2S2.2C2H6/c1-4(8)2-7-5(9)3-11-6(7)10;2*1-2/h2-3H2,1H3;2*1-2H3. The zero-order chi connectivity index (χ0) is 12.4. The molecule has 15 heavy (non-hydrogen) atoms. The quantitative estimate of drug-likeness (QED) is 0.705. The lowest BCUT2D eigenvalue weighted by atomic mass is 10.4. The Morgan fingerprint density at radius 2 is 1.87 bits per heavy atom. The van der Waals surface area contributed by atoms with Crippen molar-refractivity contribution in [2.45, 2.75) is 34.6 Å². The smallest absolute Gasteiger partial charge is 0.238 e. The molecule has 0 aliphatic carbocycles. The lowest BCUT2D eigenvalue weighted by Gasteiger charge is -2.11. The average molecular weight is 249 g/mol. The molecule has 0 unspecified atom stereocenters. The molecular weight excluding hydrogens is 230 g/mol. The Labute approximate surface area is 102 Å². The van der Waals surface area contributed by atoms with Gasteiger partial charge >= 0.3 is 0 Å². The maximum absolute atomic E-state index is 11.0. The van der Waals surface area contributed by atoms with Gasteiger partial charge in [-0.05, 0) is 6.92 Å². The molecule has 0 N–H and O–H groups in total. The van der Waals surface area contributed by atoms with E-state index < -0.39 is 0 Å². The summed E-state index contributed by atoms with van der Waals surface area (Å²) in [7, 11) is 0. The number of ketones is 1. The predicted molar refractivity (Wildman–Crippen MR) is 70.1 cm³/mol. The number of carbonyl (C=O) groups is 2. The summed E-state index contributed by atoms with van der Waals surface area (Å²) >= 11 is 6.16. The topological polar surface area (TPSA) is 37.4 Å². The maximum atomic E-state index is 11.0. The molecule has 88 valence electrons. The molecule has 1 rings (SSSR count). The molecule has 1 fully saturated rings. The molecule has 1 heterocycles. The highest BCUT2D eigenvalue weighted by Crippen LogP contribution is 2.18. The Balaban J connectivity index is 0. The zero-order valence-corrected chi connectivity index (χ0v) is 11.6. The van der Waals surface area contributed by atoms with Crippen molar-refractivity contribution in [2.24, 2.45) is 0 Å². The van der Waals surface area contributed by atoms with Crippen molar-refractivity contribution in [2.75, 3.05) is 12.3 Å². The van der Waals surface area contributed by atoms with Gasteiger partial charge in [-0.15, -0.1) is 0 Å². The summed E-state index contributed by atoms with van der Waals surface area (Å²) in [4.78, 5) is 23.0. The third kappa shape index (κ3) is 6.62. The monoisotopic (exact) mass is 249 g/mol. The van der Waals surface area contributed by atoms with Crippen LogP contribution >= 0.6 is 24.0 Å². The highest BCUT2D eigenvalue weighted by atomic mass is 32.2. The maximum Gasteiger partial charge on any atom is 0.238 e. The molecule has 1 aliphatic rings. The van der Waals surface area contributed by atoms with E-state index in [0.717, 1.165) is 0 Å². The summed E-state index contributed by atoms with van der Waals surface area (Å²) < 4.78 is 0.519. The van der Waals surface area contributed by atoms with Crippen LogP contribution in [0.25, 0.3) is 0 Å². The minimum absolute atomic E-state index is 0.0387. The summed E-state index contributed by atoms with van der Waals surface area (Å²) in [6.07, 6.45) is 0. The first-order valence-corrected chi connectivity index (χ1v) is 6.47. The van der Waals surface area contributed by atoms with Gasteiger partial charge in [-0.3, -0.25) is 14.5 Å². The predicted octanol–water partition coefficient (Wildman–Crippen LogP) is 2.49. The fourth-order valence-corrected chi connectivity index (χ4v) is 1.82. The van der Waals surface area contributed by atoms with Crippen LogP contribution in [0.15, 0.2) is 0 Å². The number of Topliss-reactive ketones (excluding diaryl/α,β-unsaturated/α-hetero) is 1. The van der Waals surface area contributed by atoms with Crippen LogP contribution < -0.4 is 0 Å². The van der Waals surface area contributed by atoms with Gasteiger partial charge in [0.15, 0.2) is 0 Å². The largest absolute Gasteiger partial charge is 0.298 e. The van der Waals surface area contributed by atoms with Crippen LogP contribution in [0.3, 0.4) is 0 Å². The van der Waals surface area contributed by atoms with Gasteiger partial charge in [-0.1, -0.05) is 51.7 Å². The highest BCUT2D eigenvalue weighted by molar-refractivity contribution is 8.23. The molecule has 5 heteroatoms. The van der Waals surface area contributed by atoms with Crippen LogP contribution in [-0.4, -0.2) is 33.2 Å². The molecule has 0 aromatic rings. The second kappa shape index (κ2) is 10.1.